The van der Waals surface area contributed by atoms with Crippen molar-refractivity contribution in [3.8, 4) is 0 Å². The molecule has 0 spiro atoms. The van der Waals surface area contributed by atoms with E-state index in [0.29, 0.717) is 11.8 Å². The third-order valence-corrected chi connectivity index (χ3v) is 3.87. The summed E-state index contributed by atoms with van der Waals surface area (Å²) in [5.41, 5.74) is 4.04. The summed E-state index contributed by atoms with van der Waals surface area (Å²) >= 11 is 7.82. The average Bonchev–Trinajstić information content (AvgIpc) is 2.78. The second kappa shape index (κ2) is 5.51. The Kier molecular flexibility index (Phi) is 4.03. The van der Waals surface area contributed by atoms with Gasteiger partial charge in [0, 0.05) is 11.8 Å². The summed E-state index contributed by atoms with van der Waals surface area (Å²) in [7, 11) is 0. The third-order valence-electron chi connectivity index (χ3n) is 2.76. The molecule has 16 heavy (non-hydrogen) atoms. The highest BCUT2D eigenvalue weighted by Crippen LogP contribution is 2.24. The molecule has 0 aliphatic rings. The van der Waals surface area contributed by atoms with E-state index in [1.807, 2.05) is 0 Å². The van der Waals surface area contributed by atoms with Crippen molar-refractivity contribution < 1.29 is 0 Å². The van der Waals surface area contributed by atoms with Gasteiger partial charge in [-0.05, 0) is 41.3 Å². The maximum absolute atomic E-state index is 6.07. The molecule has 0 saturated carbocycles. The van der Waals surface area contributed by atoms with E-state index in [1.165, 1.54) is 16.7 Å². The SMILES string of the molecule is Cc1cccc(C(CCl)Cc2ccsc2)c1. The third kappa shape index (κ3) is 2.87. The van der Waals surface area contributed by atoms with Gasteiger partial charge in [0.25, 0.3) is 0 Å². The van der Waals surface area contributed by atoms with Crippen LogP contribution in [-0.2, 0) is 6.42 Å². The van der Waals surface area contributed by atoms with Crippen molar-refractivity contribution in [2.24, 2.45) is 0 Å². The molecule has 2 aromatic rings. The Morgan fingerprint density at radius 3 is 2.81 bits per heavy atom. The Morgan fingerprint density at radius 1 is 1.31 bits per heavy atom. The molecule has 1 aromatic carbocycles. The second-order valence-electron chi connectivity index (χ2n) is 4.10. The van der Waals surface area contributed by atoms with Gasteiger partial charge in [-0.2, -0.15) is 11.3 Å². The molecule has 0 radical (unpaired) electrons. The summed E-state index contributed by atoms with van der Waals surface area (Å²) in [6.45, 7) is 2.12. The number of benzene rings is 1. The minimum atomic E-state index is 0.427. The highest BCUT2D eigenvalue weighted by molar-refractivity contribution is 7.07. The smallest absolute Gasteiger partial charge is 0.0295 e. The van der Waals surface area contributed by atoms with Gasteiger partial charge in [-0.25, -0.2) is 0 Å². The molecule has 1 heterocycles. The Labute approximate surface area is 106 Å². The lowest BCUT2D eigenvalue weighted by atomic mass is 9.94. The highest BCUT2D eigenvalue weighted by atomic mass is 35.5. The lowest BCUT2D eigenvalue weighted by Crippen LogP contribution is -2.04. The first-order chi connectivity index (χ1) is 7.79. The van der Waals surface area contributed by atoms with Gasteiger partial charge in [-0.15, -0.1) is 11.6 Å². The van der Waals surface area contributed by atoms with Crippen LogP contribution in [0.25, 0.3) is 0 Å². The molecule has 0 bridgehead atoms. The molecule has 1 unspecified atom stereocenters. The molecule has 84 valence electrons. The highest BCUT2D eigenvalue weighted by Gasteiger charge is 2.11. The predicted octanol–water partition coefficient (Wildman–Crippen LogP) is 4.62. The van der Waals surface area contributed by atoms with Gasteiger partial charge in [-0.1, -0.05) is 29.8 Å². The van der Waals surface area contributed by atoms with E-state index in [4.69, 9.17) is 11.6 Å². The van der Waals surface area contributed by atoms with Gasteiger partial charge in [-0.3, -0.25) is 0 Å². The van der Waals surface area contributed by atoms with Crippen molar-refractivity contribution in [1.82, 2.24) is 0 Å². The predicted molar refractivity (Wildman–Crippen MR) is 72.7 cm³/mol. The molecule has 2 heteroatoms. The molecule has 1 atom stereocenters. The summed E-state index contributed by atoms with van der Waals surface area (Å²) in [4.78, 5) is 0. The summed E-state index contributed by atoms with van der Waals surface area (Å²) < 4.78 is 0. The number of hydrogen-bond donors (Lipinski definition) is 0. The zero-order valence-corrected chi connectivity index (χ0v) is 10.9. The minimum Gasteiger partial charge on any atom is -0.152 e. The van der Waals surface area contributed by atoms with E-state index < -0.39 is 0 Å². The molecule has 0 aliphatic carbocycles. The monoisotopic (exact) mass is 250 g/mol. The topological polar surface area (TPSA) is 0 Å². The molecule has 0 amide bonds. The summed E-state index contributed by atoms with van der Waals surface area (Å²) in [6, 6.07) is 10.8. The van der Waals surface area contributed by atoms with Crippen LogP contribution in [0, 0.1) is 6.92 Å². The standard InChI is InChI=1S/C14H15ClS/c1-11-3-2-4-13(7-11)14(9-15)8-12-5-6-16-10-12/h2-7,10,14H,8-9H2,1H3. The van der Waals surface area contributed by atoms with Crippen LogP contribution in [0.4, 0.5) is 0 Å². The van der Waals surface area contributed by atoms with Gasteiger partial charge in [0.05, 0.1) is 0 Å². The Hall–Kier alpha value is -0.790. The maximum Gasteiger partial charge on any atom is 0.0295 e. The van der Waals surface area contributed by atoms with E-state index >= 15 is 0 Å². The lowest BCUT2D eigenvalue weighted by Gasteiger charge is -2.14. The number of halogens is 1. The number of aryl methyl sites for hydroxylation is 1. The van der Waals surface area contributed by atoms with Crippen LogP contribution in [-0.4, -0.2) is 5.88 Å². The molecule has 1 aromatic heterocycles. The molecular weight excluding hydrogens is 236 g/mol. The van der Waals surface area contributed by atoms with Crippen LogP contribution in [0.15, 0.2) is 41.1 Å². The Morgan fingerprint density at radius 2 is 2.19 bits per heavy atom. The van der Waals surface area contributed by atoms with Crippen LogP contribution in [0.5, 0.6) is 0 Å². The second-order valence-corrected chi connectivity index (χ2v) is 5.19. The zero-order valence-electron chi connectivity index (χ0n) is 9.32. The van der Waals surface area contributed by atoms with E-state index in [0.717, 1.165) is 6.42 Å². The molecule has 0 nitrogen and oxygen atoms in total. The quantitative estimate of drug-likeness (QED) is 0.695. The van der Waals surface area contributed by atoms with E-state index in [1.54, 1.807) is 11.3 Å². The summed E-state index contributed by atoms with van der Waals surface area (Å²) in [6.07, 6.45) is 1.04. The van der Waals surface area contributed by atoms with Crippen molar-refractivity contribution in [1.29, 1.82) is 0 Å². The number of rotatable bonds is 4. The lowest BCUT2D eigenvalue weighted by molar-refractivity contribution is 0.767. The van der Waals surface area contributed by atoms with Crippen LogP contribution in [0.3, 0.4) is 0 Å². The maximum atomic E-state index is 6.07. The van der Waals surface area contributed by atoms with Crippen molar-refractivity contribution >= 4 is 22.9 Å². The number of thiophene rings is 1. The van der Waals surface area contributed by atoms with E-state index in [-0.39, 0.29) is 0 Å². The van der Waals surface area contributed by atoms with Crippen molar-refractivity contribution in [2.75, 3.05) is 5.88 Å². The molecule has 0 N–H and O–H groups in total. The molecule has 2 rings (SSSR count). The first-order valence-electron chi connectivity index (χ1n) is 5.43. The van der Waals surface area contributed by atoms with Crippen LogP contribution >= 0.6 is 22.9 Å². The molecular formula is C14H15ClS. The fourth-order valence-electron chi connectivity index (χ4n) is 1.88. The normalized spacial score (nSPS) is 12.6. The number of hydrogen-bond acceptors (Lipinski definition) is 1. The summed E-state index contributed by atoms with van der Waals surface area (Å²) in [5.74, 6) is 1.11. The van der Waals surface area contributed by atoms with Gasteiger partial charge >= 0.3 is 0 Å². The summed E-state index contributed by atoms with van der Waals surface area (Å²) in [5, 5.41) is 4.33. The van der Waals surface area contributed by atoms with Crippen molar-refractivity contribution in [3.05, 3.63) is 57.8 Å². The van der Waals surface area contributed by atoms with Crippen molar-refractivity contribution in [3.63, 3.8) is 0 Å². The van der Waals surface area contributed by atoms with Gasteiger partial charge in [0.15, 0.2) is 0 Å². The van der Waals surface area contributed by atoms with Crippen LogP contribution in [0.1, 0.15) is 22.6 Å². The van der Waals surface area contributed by atoms with Gasteiger partial charge < -0.3 is 0 Å². The largest absolute Gasteiger partial charge is 0.152 e. The first kappa shape index (κ1) is 11.7. The first-order valence-corrected chi connectivity index (χ1v) is 6.91. The minimum absolute atomic E-state index is 0.427. The number of alkyl halides is 1. The molecule has 0 saturated heterocycles. The Balaban J connectivity index is 2.16. The zero-order chi connectivity index (χ0) is 11.4. The van der Waals surface area contributed by atoms with E-state index in [9.17, 15) is 0 Å². The van der Waals surface area contributed by atoms with Crippen LogP contribution in [0.2, 0.25) is 0 Å². The fourth-order valence-corrected chi connectivity index (χ4v) is 2.85. The average molecular weight is 251 g/mol. The van der Waals surface area contributed by atoms with Crippen molar-refractivity contribution in [2.45, 2.75) is 19.3 Å². The van der Waals surface area contributed by atoms with Gasteiger partial charge in [0.2, 0.25) is 0 Å². The fraction of sp³-hybridized carbons (Fsp3) is 0.286. The van der Waals surface area contributed by atoms with Gasteiger partial charge in [0.1, 0.15) is 0 Å². The molecule has 0 fully saturated rings. The molecule has 0 aliphatic heterocycles. The Bertz CT molecular complexity index is 434. The van der Waals surface area contributed by atoms with E-state index in [2.05, 4.69) is 48.0 Å². The van der Waals surface area contributed by atoms with Crippen LogP contribution < -0.4 is 0 Å².